The SMILES string of the molecule is COc1ccc2ccc(=O)n(CCN3CCC(C)(NCc4ccc(O)c(O)c4)CC3)c2c1. The van der Waals surface area contributed by atoms with Gasteiger partial charge in [-0.05, 0) is 74.1 Å². The number of fused-ring (bicyclic) bond motifs is 1. The minimum Gasteiger partial charge on any atom is -0.504 e. The smallest absolute Gasteiger partial charge is 0.251 e. The first-order valence-electron chi connectivity index (χ1n) is 11.0. The Morgan fingerprint density at radius 3 is 2.47 bits per heavy atom. The molecule has 0 saturated carbocycles. The van der Waals surface area contributed by atoms with Gasteiger partial charge >= 0.3 is 0 Å². The number of benzene rings is 2. The lowest BCUT2D eigenvalue weighted by molar-refractivity contribution is 0.141. The molecule has 0 bridgehead atoms. The summed E-state index contributed by atoms with van der Waals surface area (Å²) in [5.74, 6) is 0.557. The summed E-state index contributed by atoms with van der Waals surface area (Å²) >= 11 is 0. The van der Waals surface area contributed by atoms with Gasteiger partial charge in [-0.25, -0.2) is 0 Å². The van der Waals surface area contributed by atoms with Crippen LogP contribution in [0.3, 0.4) is 0 Å². The molecule has 0 spiro atoms. The van der Waals surface area contributed by atoms with E-state index in [1.807, 2.05) is 34.9 Å². The van der Waals surface area contributed by atoms with Crippen molar-refractivity contribution in [3.8, 4) is 17.2 Å². The molecule has 1 saturated heterocycles. The second-order valence-electron chi connectivity index (χ2n) is 8.83. The minimum absolute atomic E-state index is 0.00594. The number of hydrogen-bond acceptors (Lipinski definition) is 6. The van der Waals surface area contributed by atoms with Crippen LogP contribution in [0.25, 0.3) is 10.9 Å². The zero-order chi connectivity index (χ0) is 22.7. The number of likely N-dealkylation sites (tertiary alicyclic amines) is 1. The maximum atomic E-state index is 12.5. The number of hydrogen-bond donors (Lipinski definition) is 3. The molecule has 3 aromatic rings. The predicted octanol–water partition coefficient (Wildman–Crippen LogP) is 3.07. The number of rotatable bonds is 7. The third-order valence-corrected chi connectivity index (χ3v) is 6.56. The van der Waals surface area contributed by atoms with Gasteiger partial charge < -0.3 is 29.7 Å². The lowest BCUT2D eigenvalue weighted by atomic mass is 9.89. The molecule has 1 aliphatic rings. The summed E-state index contributed by atoms with van der Waals surface area (Å²) in [6.45, 7) is 6.22. The number of ether oxygens (including phenoxy) is 1. The highest BCUT2D eigenvalue weighted by atomic mass is 16.5. The second-order valence-corrected chi connectivity index (χ2v) is 8.83. The van der Waals surface area contributed by atoms with E-state index in [1.165, 1.54) is 6.07 Å². The molecule has 2 aromatic carbocycles. The molecule has 1 aliphatic heterocycles. The normalized spacial score (nSPS) is 16.3. The van der Waals surface area contributed by atoms with Crippen molar-refractivity contribution < 1.29 is 14.9 Å². The van der Waals surface area contributed by atoms with Crippen molar-refractivity contribution in [3.63, 3.8) is 0 Å². The van der Waals surface area contributed by atoms with E-state index < -0.39 is 0 Å². The van der Waals surface area contributed by atoms with Crippen LogP contribution in [-0.2, 0) is 13.1 Å². The monoisotopic (exact) mass is 437 g/mol. The molecule has 3 N–H and O–H groups in total. The van der Waals surface area contributed by atoms with Crippen LogP contribution in [0.2, 0.25) is 0 Å². The third-order valence-electron chi connectivity index (χ3n) is 6.56. The third kappa shape index (κ3) is 4.89. The van der Waals surface area contributed by atoms with Gasteiger partial charge in [-0.15, -0.1) is 0 Å². The molecule has 170 valence electrons. The Balaban J connectivity index is 1.35. The summed E-state index contributed by atoms with van der Waals surface area (Å²) in [7, 11) is 1.63. The van der Waals surface area contributed by atoms with E-state index in [4.69, 9.17) is 4.74 Å². The molecule has 0 aliphatic carbocycles. The van der Waals surface area contributed by atoms with Crippen LogP contribution < -0.4 is 15.6 Å². The number of nitrogens with zero attached hydrogens (tertiary/aromatic N) is 2. The zero-order valence-electron chi connectivity index (χ0n) is 18.7. The van der Waals surface area contributed by atoms with Crippen LogP contribution in [-0.4, -0.2) is 52.0 Å². The van der Waals surface area contributed by atoms with E-state index in [-0.39, 0.29) is 22.6 Å². The van der Waals surface area contributed by atoms with Gasteiger partial charge in [-0.2, -0.15) is 0 Å². The highest BCUT2D eigenvalue weighted by Gasteiger charge is 2.29. The topological polar surface area (TPSA) is 87.0 Å². The molecule has 0 atom stereocenters. The standard InChI is InChI=1S/C25H31N3O4/c1-25(26-17-18-3-7-22(29)23(30)15-18)9-11-27(12-10-25)13-14-28-21-16-20(32-2)6-4-19(21)5-8-24(28)31/h3-8,15-16,26,29-30H,9-14,17H2,1-2H3. The summed E-state index contributed by atoms with van der Waals surface area (Å²) in [4.78, 5) is 14.9. The maximum absolute atomic E-state index is 12.5. The fourth-order valence-electron chi connectivity index (χ4n) is 4.31. The van der Waals surface area contributed by atoms with Gasteiger partial charge in [0.1, 0.15) is 5.75 Å². The van der Waals surface area contributed by atoms with Crippen molar-refractivity contribution in [1.82, 2.24) is 14.8 Å². The zero-order valence-corrected chi connectivity index (χ0v) is 18.7. The Hall–Kier alpha value is -3.03. The Labute approximate surface area is 187 Å². The average molecular weight is 438 g/mol. The molecule has 0 unspecified atom stereocenters. The van der Waals surface area contributed by atoms with E-state index >= 15 is 0 Å². The van der Waals surface area contributed by atoms with E-state index in [0.717, 1.165) is 54.7 Å². The quantitative estimate of drug-likeness (QED) is 0.493. The molecule has 0 amide bonds. The van der Waals surface area contributed by atoms with E-state index in [9.17, 15) is 15.0 Å². The van der Waals surface area contributed by atoms with Gasteiger partial charge in [-0.1, -0.05) is 6.07 Å². The summed E-state index contributed by atoms with van der Waals surface area (Å²) in [6, 6.07) is 14.2. The van der Waals surface area contributed by atoms with Crippen molar-refractivity contribution >= 4 is 10.9 Å². The molecule has 32 heavy (non-hydrogen) atoms. The highest BCUT2D eigenvalue weighted by Crippen LogP contribution is 2.27. The number of phenols is 2. The lowest BCUT2D eigenvalue weighted by Gasteiger charge is -2.40. The molecule has 2 heterocycles. The summed E-state index contributed by atoms with van der Waals surface area (Å²) in [5.41, 5.74) is 1.85. The van der Waals surface area contributed by atoms with E-state index in [0.29, 0.717) is 13.1 Å². The van der Waals surface area contributed by atoms with E-state index in [1.54, 1.807) is 19.2 Å². The minimum atomic E-state index is -0.1000. The summed E-state index contributed by atoms with van der Waals surface area (Å²) in [5, 5.41) is 23.8. The molecular formula is C25H31N3O4. The van der Waals surface area contributed by atoms with Gasteiger partial charge in [0.15, 0.2) is 11.5 Å². The first kappa shape index (κ1) is 22.2. The first-order valence-corrected chi connectivity index (χ1v) is 11.0. The maximum Gasteiger partial charge on any atom is 0.251 e. The molecule has 0 radical (unpaired) electrons. The van der Waals surface area contributed by atoms with Crippen LogP contribution in [0.1, 0.15) is 25.3 Å². The van der Waals surface area contributed by atoms with Crippen LogP contribution in [0.15, 0.2) is 53.3 Å². The predicted molar refractivity (Wildman–Crippen MR) is 125 cm³/mol. The van der Waals surface area contributed by atoms with Gasteiger partial charge in [-0.3, -0.25) is 4.79 Å². The Kier molecular flexibility index (Phi) is 6.39. The largest absolute Gasteiger partial charge is 0.504 e. The van der Waals surface area contributed by atoms with Gasteiger partial charge in [0.25, 0.3) is 5.56 Å². The number of aromatic hydroxyl groups is 2. The van der Waals surface area contributed by atoms with E-state index in [2.05, 4.69) is 17.1 Å². The van der Waals surface area contributed by atoms with Gasteiger partial charge in [0, 0.05) is 37.3 Å². The Morgan fingerprint density at radius 1 is 1.00 bits per heavy atom. The number of phenolic OH excluding ortho intramolecular Hbond substituents is 2. The number of nitrogens with one attached hydrogen (secondary N) is 1. The number of aromatic nitrogens is 1. The first-order chi connectivity index (χ1) is 15.4. The lowest BCUT2D eigenvalue weighted by Crippen LogP contribution is -2.51. The van der Waals surface area contributed by atoms with Crippen molar-refractivity contribution in [2.45, 2.75) is 38.4 Å². The Morgan fingerprint density at radius 2 is 1.75 bits per heavy atom. The number of pyridine rings is 1. The summed E-state index contributed by atoms with van der Waals surface area (Å²) < 4.78 is 7.18. The molecule has 1 aromatic heterocycles. The fraction of sp³-hybridized carbons (Fsp3) is 0.400. The molecular weight excluding hydrogens is 406 g/mol. The van der Waals surface area contributed by atoms with Crippen molar-refractivity contribution in [2.24, 2.45) is 0 Å². The van der Waals surface area contributed by atoms with Crippen molar-refractivity contribution in [3.05, 3.63) is 64.4 Å². The second kappa shape index (κ2) is 9.22. The Bertz CT molecular complexity index is 1150. The average Bonchev–Trinajstić information content (AvgIpc) is 2.80. The number of piperidine rings is 1. The molecule has 1 fully saturated rings. The van der Waals surface area contributed by atoms with Crippen LogP contribution >= 0.6 is 0 Å². The molecule has 4 rings (SSSR count). The van der Waals surface area contributed by atoms with Crippen LogP contribution in [0.5, 0.6) is 17.2 Å². The fourth-order valence-corrected chi connectivity index (χ4v) is 4.31. The highest BCUT2D eigenvalue weighted by molar-refractivity contribution is 5.80. The van der Waals surface area contributed by atoms with Crippen molar-refractivity contribution in [2.75, 3.05) is 26.7 Å². The summed E-state index contributed by atoms with van der Waals surface area (Å²) in [6.07, 6.45) is 1.99. The van der Waals surface area contributed by atoms with Gasteiger partial charge in [0.05, 0.1) is 12.6 Å². The molecule has 7 nitrogen and oxygen atoms in total. The molecule has 7 heteroatoms. The van der Waals surface area contributed by atoms with Crippen LogP contribution in [0, 0.1) is 0 Å². The van der Waals surface area contributed by atoms with Gasteiger partial charge in [0.2, 0.25) is 0 Å². The van der Waals surface area contributed by atoms with Crippen LogP contribution in [0.4, 0.5) is 0 Å². The number of methoxy groups -OCH3 is 1. The van der Waals surface area contributed by atoms with Crippen molar-refractivity contribution in [1.29, 1.82) is 0 Å².